The summed E-state index contributed by atoms with van der Waals surface area (Å²) < 4.78 is 45.4. The highest BCUT2D eigenvalue weighted by molar-refractivity contribution is 9.09. The number of halogens is 5. The molecule has 2 aromatic rings. The number of nitrogens with zero attached hydrogens (tertiary/aromatic N) is 2. The third-order valence-electron chi connectivity index (χ3n) is 16.5. The summed E-state index contributed by atoms with van der Waals surface area (Å²) in [5.41, 5.74) is 4.13. The fourth-order valence-corrected chi connectivity index (χ4v) is 12.9. The standard InChI is InChI=1S/C62H83Br2Cl2FN6O15/c1-33(2)42(27-41(74)17-12-11-13-21-85-58(80)40(31-63)32-64)55(77)70-46(18-15-20-69-59(68)81)48(75)26-39-25-44(65)43(28-45(39)67)56(78)72(8)37(6)57(79)87-51-29-52(76)73(9)47-24-38(23-35(4)53(47)66)22-34(3)16-14-19-50(84-10)62(83)30-49(86-60(82)71-62)36(5)54-61(51,7)88-54/h14,16,19,23-25,28,33,36-37,40,42,46,49-51,54,83H,11-13,15,17-18,20-22,26-27,29-32H2,1-10H3,(H,70,77)(H,71,82)(H3,68,69,81)/b19-14+,34-16+/t36-,37+,42+,46+,49+,50-,51+,54+,61+,62+/m1/s1. The highest BCUT2D eigenvalue weighted by atomic mass is 79.9. The van der Waals surface area contributed by atoms with Gasteiger partial charge in [-0.2, -0.15) is 0 Å². The van der Waals surface area contributed by atoms with Crippen molar-refractivity contribution in [1.29, 1.82) is 0 Å². The molecule has 0 radical (unpaired) electrons. The number of primary amides is 1. The largest absolute Gasteiger partial charge is 0.465 e. The Labute approximate surface area is 540 Å². The number of anilines is 1. The van der Waals surface area contributed by atoms with Gasteiger partial charge in [-0.3, -0.25) is 34.1 Å². The van der Waals surface area contributed by atoms with Crippen LogP contribution in [0.4, 0.5) is 19.7 Å². The fraction of sp³-hybridized carbons (Fsp3) is 0.597. The predicted molar refractivity (Wildman–Crippen MR) is 336 cm³/mol. The number of Topliss-reactive ketones (excluding diaryl/α,β-unsaturated/α-hetero) is 2. The van der Waals surface area contributed by atoms with Gasteiger partial charge in [-0.15, -0.1) is 0 Å². The number of ether oxygens (including phenoxy) is 5. The van der Waals surface area contributed by atoms with E-state index in [2.05, 4.69) is 47.8 Å². The molecule has 2 aromatic carbocycles. The molecule has 3 heterocycles. The number of rotatable bonds is 26. The summed E-state index contributed by atoms with van der Waals surface area (Å²) in [7, 11) is 4.20. The first-order valence-corrected chi connectivity index (χ1v) is 32.3. The van der Waals surface area contributed by atoms with Crippen LogP contribution in [0.1, 0.15) is 126 Å². The number of hydrogen-bond donors (Lipinski definition) is 5. The van der Waals surface area contributed by atoms with Crippen molar-refractivity contribution in [2.45, 2.75) is 167 Å². The van der Waals surface area contributed by atoms with Gasteiger partial charge in [0.25, 0.3) is 5.91 Å². The number of alkyl halides is 2. The molecule has 6 N–H and O–H groups in total. The number of alkyl carbamates (subject to hydrolysis) is 1. The summed E-state index contributed by atoms with van der Waals surface area (Å²) in [5, 5.41) is 20.5. The van der Waals surface area contributed by atoms with Gasteiger partial charge in [0.05, 0.1) is 52.4 Å². The van der Waals surface area contributed by atoms with Crippen molar-refractivity contribution in [3.8, 4) is 0 Å². The Balaban J connectivity index is 1.33. The van der Waals surface area contributed by atoms with Gasteiger partial charge in [0.1, 0.15) is 41.6 Å². The minimum Gasteiger partial charge on any atom is -0.465 e. The minimum atomic E-state index is -1.93. The zero-order chi connectivity index (χ0) is 65.5. The van der Waals surface area contributed by atoms with Gasteiger partial charge in [-0.05, 0) is 107 Å². The van der Waals surface area contributed by atoms with Crippen LogP contribution in [0.25, 0.3) is 0 Å². The van der Waals surface area contributed by atoms with E-state index in [1.165, 1.54) is 33.0 Å². The normalized spacial score (nSPS) is 24.1. The summed E-state index contributed by atoms with van der Waals surface area (Å²) >= 11 is 20.1. The van der Waals surface area contributed by atoms with Crippen molar-refractivity contribution >= 4 is 114 Å². The van der Waals surface area contributed by atoms with Crippen molar-refractivity contribution in [3.63, 3.8) is 0 Å². The molecule has 0 aliphatic carbocycles. The van der Waals surface area contributed by atoms with Gasteiger partial charge in [0.15, 0.2) is 11.5 Å². The molecule has 21 nitrogen and oxygen atoms in total. The number of methoxy groups -OCH3 is 1. The van der Waals surface area contributed by atoms with Crippen molar-refractivity contribution in [2.75, 3.05) is 49.9 Å². The second-order valence-corrected chi connectivity index (χ2v) is 25.6. The van der Waals surface area contributed by atoms with Crippen LogP contribution >= 0.6 is 55.1 Å². The summed E-state index contributed by atoms with van der Waals surface area (Å²) in [6, 6.07) is 2.18. The van der Waals surface area contributed by atoms with Gasteiger partial charge in [0, 0.05) is 75.9 Å². The SMILES string of the molecule is CO[C@@H]1/C=C/C=C(\C)Cc2cc(C)c(Cl)c(c2)N(C)C(=O)C[C@H](OC(=O)[C@H](C)N(C)C(=O)c2cc(F)c(CC(=O)[C@H](CCCNC(N)=O)NC(=O)[C@@H](CC(=O)CCCCCOC(=O)C(CBr)CBr)C(C)C)cc2Cl)[C@]2(C)O[C@H]2[C@H](C)[C@@H]2C[C@@]1(O)NC(=O)O2. The van der Waals surface area contributed by atoms with Crippen LogP contribution in [-0.4, -0.2) is 156 Å². The molecule has 3 aliphatic rings. The molecule has 486 valence electrons. The van der Waals surface area contributed by atoms with Crippen LogP contribution in [0.3, 0.4) is 0 Å². The molecule has 5 rings (SSSR count). The van der Waals surface area contributed by atoms with Gasteiger partial charge in [-0.25, -0.2) is 18.8 Å². The van der Waals surface area contributed by atoms with Crippen LogP contribution in [0.15, 0.2) is 48.1 Å². The van der Waals surface area contributed by atoms with Crippen LogP contribution in [0, 0.1) is 36.4 Å². The van der Waals surface area contributed by atoms with Gasteiger partial charge >= 0.3 is 24.1 Å². The number of ketones is 2. The average Bonchev–Trinajstić information content (AvgIpc) is 1.65. The third-order valence-corrected chi connectivity index (χ3v) is 18.9. The number of fused-ring (bicyclic) bond motifs is 5. The first-order valence-electron chi connectivity index (χ1n) is 29.3. The topological polar surface area (TPSA) is 292 Å². The first-order chi connectivity index (χ1) is 41.4. The van der Waals surface area contributed by atoms with E-state index in [1.807, 2.05) is 26.0 Å². The van der Waals surface area contributed by atoms with E-state index in [0.29, 0.717) is 52.6 Å². The molecule has 6 amide bonds. The Bertz CT molecular complexity index is 2970. The average molecular weight is 1400 g/mol. The summed E-state index contributed by atoms with van der Waals surface area (Å²) in [5.74, 6) is -7.29. The molecule has 0 aromatic heterocycles. The zero-order valence-corrected chi connectivity index (χ0v) is 56.1. The van der Waals surface area contributed by atoms with E-state index in [0.717, 1.165) is 28.2 Å². The molecule has 0 spiro atoms. The number of urea groups is 1. The number of aryl methyl sites for hydroxylation is 1. The second kappa shape index (κ2) is 33.0. The summed E-state index contributed by atoms with van der Waals surface area (Å²) in [6.45, 7) is 12.2. The predicted octanol–water partition coefficient (Wildman–Crippen LogP) is 8.71. The third kappa shape index (κ3) is 19.5. The van der Waals surface area contributed by atoms with Crippen LogP contribution in [-0.2, 0) is 65.3 Å². The Kier molecular flexibility index (Phi) is 27.5. The van der Waals surface area contributed by atoms with Crippen molar-refractivity contribution < 1.29 is 76.3 Å². The van der Waals surface area contributed by atoms with E-state index >= 15 is 4.39 Å². The van der Waals surface area contributed by atoms with Crippen molar-refractivity contribution in [1.82, 2.24) is 20.9 Å². The number of epoxide rings is 1. The maximum atomic E-state index is 16.3. The lowest BCUT2D eigenvalue weighted by Crippen LogP contribution is -2.63. The highest BCUT2D eigenvalue weighted by Gasteiger charge is 2.64. The number of carbonyl (C=O) groups is 9. The molecule has 88 heavy (non-hydrogen) atoms. The Hall–Kier alpha value is -5.50. The fourth-order valence-electron chi connectivity index (χ4n) is 10.8. The monoisotopic (exact) mass is 1400 g/mol. The lowest BCUT2D eigenvalue weighted by Gasteiger charge is -2.42. The smallest absolute Gasteiger partial charge is 0.409 e. The second-order valence-electron chi connectivity index (χ2n) is 23.6. The Morgan fingerprint density at radius 1 is 1.01 bits per heavy atom. The number of amides is 6. The zero-order valence-electron chi connectivity index (χ0n) is 51.4. The maximum Gasteiger partial charge on any atom is 0.409 e. The quantitative estimate of drug-likeness (QED) is 0.0193. The number of unbranched alkanes of at least 4 members (excludes halogenated alkanes) is 2. The number of benzene rings is 2. The van der Waals surface area contributed by atoms with Gasteiger partial charge < -0.3 is 55.0 Å². The highest BCUT2D eigenvalue weighted by Crippen LogP contribution is 2.49. The first kappa shape index (κ1) is 73.2. The number of carbonyl (C=O) groups excluding carboxylic acids is 9. The number of allylic oxidation sites excluding steroid dienone is 3. The number of nitrogens with two attached hydrogens (primary N) is 1. The lowest BCUT2D eigenvalue weighted by molar-refractivity contribution is -0.158. The molecule has 0 saturated carbocycles. The number of likely N-dealkylation sites (N-methyl/N-ethyl adjacent to an activating group) is 1. The Morgan fingerprint density at radius 2 is 1.70 bits per heavy atom. The van der Waals surface area contributed by atoms with Gasteiger partial charge in [-0.1, -0.05) is 106 Å². The summed E-state index contributed by atoms with van der Waals surface area (Å²) in [4.78, 5) is 123. The molecule has 2 saturated heterocycles. The summed E-state index contributed by atoms with van der Waals surface area (Å²) in [6.07, 6.45) is 1.25. The van der Waals surface area contributed by atoms with E-state index in [-0.39, 0.29) is 85.0 Å². The van der Waals surface area contributed by atoms with E-state index in [1.54, 1.807) is 45.9 Å². The molecular weight excluding hydrogens is 1320 g/mol. The lowest BCUT2D eigenvalue weighted by atomic mass is 9.83. The van der Waals surface area contributed by atoms with Crippen LogP contribution in [0.2, 0.25) is 10.0 Å². The number of nitrogens with one attached hydrogen (secondary N) is 3. The maximum absolute atomic E-state index is 16.3. The van der Waals surface area contributed by atoms with E-state index in [9.17, 15) is 48.3 Å². The molecule has 4 bridgehead atoms. The molecular formula is C62H83Br2Cl2FN6O15. The van der Waals surface area contributed by atoms with Gasteiger partial charge in [0.2, 0.25) is 11.8 Å². The number of esters is 2. The van der Waals surface area contributed by atoms with Crippen LogP contribution in [0.5, 0.6) is 0 Å². The molecule has 26 heteroatoms. The van der Waals surface area contributed by atoms with Crippen molar-refractivity contribution in [3.05, 3.63) is 86.2 Å². The minimum absolute atomic E-state index is 0.00741. The van der Waals surface area contributed by atoms with Crippen LogP contribution < -0.4 is 26.6 Å². The number of hydrogen-bond acceptors (Lipinski definition) is 15. The Morgan fingerprint density at radius 3 is 2.35 bits per heavy atom. The molecule has 10 atom stereocenters. The molecule has 0 unspecified atom stereocenters. The molecule has 3 aliphatic heterocycles. The van der Waals surface area contributed by atoms with Crippen molar-refractivity contribution in [2.24, 2.45) is 29.4 Å². The van der Waals surface area contributed by atoms with E-state index in [4.69, 9.17) is 52.6 Å². The number of aliphatic hydroxyl groups is 1. The van der Waals surface area contributed by atoms with E-state index < -0.39 is 120 Å². The molecule has 2 fully saturated rings.